The van der Waals surface area contributed by atoms with E-state index >= 15 is 4.79 Å². The first-order valence-electron chi connectivity index (χ1n) is 28.7. The number of rotatable bonds is 10. The maximum atomic E-state index is 15.0. The number of nitrogens with two attached hydrogens (primary N) is 2. The molecule has 4 aliphatic rings. The van der Waals surface area contributed by atoms with E-state index in [2.05, 4.69) is 52.1 Å². The Morgan fingerprint density at radius 3 is 1.92 bits per heavy atom. The van der Waals surface area contributed by atoms with Gasteiger partial charge in [-0.2, -0.15) is 28.4 Å². The number of ether oxygens (including phenoxy) is 1. The number of oxime groups is 1. The Hall–Kier alpha value is -6.72. The van der Waals surface area contributed by atoms with Crippen molar-refractivity contribution in [3.63, 3.8) is 0 Å². The zero-order valence-electron chi connectivity index (χ0n) is 48.6. The lowest BCUT2D eigenvalue weighted by Gasteiger charge is -2.31. The van der Waals surface area contributed by atoms with Crippen LogP contribution >= 0.6 is 23.5 Å². The van der Waals surface area contributed by atoms with Crippen molar-refractivity contribution in [2.75, 3.05) is 51.5 Å². The first-order valence-corrected chi connectivity index (χ1v) is 31.0. The molecule has 0 radical (unpaired) electrons. The summed E-state index contributed by atoms with van der Waals surface area (Å²) in [5.41, 5.74) is 13.2. The lowest BCUT2D eigenvalue weighted by atomic mass is 10.0. The number of primary amides is 1. The van der Waals surface area contributed by atoms with Gasteiger partial charge in [-0.1, -0.05) is 25.1 Å². The summed E-state index contributed by atoms with van der Waals surface area (Å²) in [4.78, 5) is 169. The molecule has 29 heteroatoms. The summed E-state index contributed by atoms with van der Waals surface area (Å²) in [6, 6.07) is -5.59. The van der Waals surface area contributed by atoms with E-state index in [1.54, 1.807) is 13.8 Å². The maximum absolute atomic E-state index is 15.0. The van der Waals surface area contributed by atoms with E-state index < -0.39 is 126 Å². The zero-order valence-corrected chi connectivity index (χ0v) is 50.2. The number of carbonyl (C=O) groups excluding carboxylic acids is 11. The summed E-state index contributed by atoms with van der Waals surface area (Å²) < 4.78 is 6.26. The molecule has 4 bridgehead atoms. The van der Waals surface area contributed by atoms with Crippen molar-refractivity contribution in [2.45, 2.75) is 177 Å². The van der Waals surface area contributed by atoms with Crippen molar-refractivity contribution in [3.05, 3.63) is 29.3 Å². The molecule has 2 saturated heterocycles. The van der Waals surface area contributed by atoms with Gasteiger partial charge in [-0.05, 0) is 127 Å². The van der Waals surface area contributed by atoms with Crippen LogP contribution in [0.1, 0.15) is 122 Å². The van der Waals surface area contributed by atoms with Gasteiger partial charge in [0, 0.05) is 36.1 Å². The van der Waals surface area contributed by atoms with E-state index in [9.17, 15) is 47.9 Å². The maximum Gasteiger partial charge on any atom is 0.344 e. The van der Waals surface area contributed by atoms with Crippen molar-refractivity contribution in [3.8, 4) is 5.75 Å². The van der Waals surface area contributed by atoms with Gasteiger partial charge in [0.25, 0.3) is 5.91 Å². The van der Waals surface area contributed by atoms with Gasteiger partial charge in [0.05, 0.1) is 20.1 Å². The standard InChI is InChI=1S/C55H84N12O15S2/c1-32(2)22-39-51(74)62-40(26-46(69)82-79-5)50(73)60-34(4)54(77)66-18-12-15-43(66)52(75)59-33(3)48(71)64-41(47(57)70)30-83-28-35-23-36-25-37(24-35)80-20-10-6-7-11-21-81-58-27-45(68)61-38(14-8-9-17-56)49(72)65-42(31-84-29-36)55(78)67-19-13-16-44(67)53(76)63-39/h23-25,27,32-34,38-44H,6-22,26,28-31,56H2,1-5H3,(H2,57,70)(H,59,75)(H,60,73)(H,61,68)(H,62,74)(H,63,76)(H,64,71)(H,65,72)/b58-27+/t33-,34-,38-,39-,40-,41-,42-,43-,44-/m0/s1. The second kappa shape index (κ2) is 34.9. The van der Waals surface area contributed by atoms with Gasteiger partial charge in [-0.15, -0.1) is 0 Å². The predicted molar refractivity (Wildman–Crippen MR) is 311 cm³/mol. The molecule has 10 amide bonds. The molecular weight excluding hydrogens is 1130 g/mol. The van der Waals surface area contributed by atoms with Crippen LogP contribution in [-0.2, 0) is 78.9 Å². The number of thioether (sulfide) groups is 2. The van der Waals surface area contributed by atoms with Crippen LogP contribution < -0.4 is 53.4 Å². The quantitative estimate of drug-likeness (QED) is 0.0824. The Morgan fingerprint density at radius 1 is 0.679 bits per heavy atom. The van der Waals surface area contributed by atoms with Gasteiger partial charge < -0.3 is 68.1 Å². The lowest BCUT2D eigenvalue weighted by Crippen LogP contribution is -2.60. The molecule has 1 aromatic rings. The number of fused-ring (bicyclic) bond motifs is 7. The highest BCUT2D eigenvalue weighted by atomic mass is 32.2. The number of unbranched alkanes of at least 4 members (excludes halogenated alkanes) is 1. The van der Waals surface area contributed by atoms with Crippen LogP contribution in [0, 0.1) is 5.92 Å². The molecule has 27 nitrogen and oxygen atoms in total. The number of benzene rings is 1. The second-order valence-electron chi connectivity index (χ2n) is 21.6. The van der Waals surface area contributed by atoms with Crippen molar-refractivity contribution >= 4 is 94.8 Å². The van der Waals surface area contributed by atoms with Crippen molar-refractivity contribution in [1.82, 2.24) is 47.0 Å². The van der Waals surface area contributed by atoms with E-state index in [4.69, 9.17) is 21.0 Å². The molecule has 5 rings (SSSR count). The summed E-state index contributed by atoms with van der Waals surface area (Å²) in [5, 5.41) is 22.4. The van der Waals surface area contributed by atoms with Crippen LogP contribution in [0.25, 0.3) is 0 Å². The van der Waals surface area contributed by atoms with E-state index in [-0.39, 0.29) is 62.8 Å². The molecule has 4 heterocycles. The van der Waals surface area contributed by atoms with Crippen LogP contribution in [0.3, 0.4) is 0 Å². The molecule has 0 aromatic heterocycles. The number of amides is 10. The Morgan fingerprint density at radius 2 is 1.27 bits per heavy atom. The summed E-state index contributed by atoms with van der Waals surface area (Å²) in [7, 11) is 1.06. The summed E-state index contributed by atoms with van der Waals surface area (Å²) in [5.74, 6) is -7.53. The molecule has 0 saturated carbocycles. The molecule has 1 aromatic carbocycles. The summed E-state index contributed by atoms with van der Waals surface area (Å²) in [6.45, 7) is 7.52. The number of hydrogen-bond acceptors (Lipinski definition) is 19. The van der Waals surface area contributed by atoms with Gasteiger partial charge in [0.15, 0.2) is 0 Å². The third kappa shape index (κ3) is 21.7. The van der Waals surface area contributed by atoms with E-state index in [0.29, 0.717) is 68.9 Å². The van der Waals surface area contributed by atoms with Crippen molar-refractivity contribution in [1.29, 1.82) is 0 Å². The highest BCUT2D eigenvalue weighted by molar-refractivity contribution is 7.98. The highest BCUT2D eigenvalue weighted by Gasteiger charge is 2.42. The Kier molecular flexibility index (Phi) is 28.3. The largest absolute Gasteiger partial charge is 0.494 e. The van der Waals surface area contributed by atoms with Crippen LogP contribution in [-0.4, -0.2) is 187 Å². The van der Waals surface area contributed by atoms with E-state index in [1.807, 2.05) is 18.2 Å². The Balaban J connectivity index is 1.54. The zero-order chi connectivity index (χ0) is 61.3. The molecule has 4 aliphatic heterocycles. The third-order valence-corrected chi connectivity index (χ3v) is 16.5. The fourth-order valence-corrected chi connectivity index (χ4v) is 12.0. The topological polar surface area (TPSA) is 380 Å². The van der Waals surface area contributed by atoms with Crippen molar-refractivity contribution < 1.29 is 72.1 Å². The van der Waals surface area contributed by atoms with Crippen LogP contribution in [0.4, 0.5) is 0 Å². The molecule has 11 N–H and O–H groups in total. The van der Waals surface area contributed by atoms with Crippen LogP contribution in [0.2, 0.25) is 0 Å². The molecular formula is C55H84N12O15S2. The average molecular weight is 1220 g/mol. The second-order valence-corrected chi connectivity index (χ2v) is 23.7. The molecule has 0 spiro atoms. The molecule has 9 atom stereocenters. The van der Waals surface area contributed by atoms with Gasteiger partial charge >= 0.3 is 5.97 Å². The molecule has 2 fully saturated rings. The average Bonchev–Trinajstić information content (AvgIpc) is 4.33. The minimum atomic E-state index is -1.69. The Labute approximate surface area is 498 Å². The first-order chi connectivity index (χ1) is 40.2. The number of hydrogen-bond donors (Lipinski definition) is 9. The van der Waals surface area contributed by atoms with Gasteiger partial charge in [-0.25, -0.2) is 4.79 Å². The van der Waals surface area contributed by atoms with E-state index in [1.165, 1.54) is 47.2 Å². The number of carbonyl (C=O) groups is 11. The van der Waals surface area contributed by atoms with Gasteiger partial charge in [0.2, 0.25) is 53.2 Å². The summed E-state index contributed by atoms with van der Waals surface area (Å²) in [6.07, 6.45) is 5.49. The minimum Gasteiger partial charge on any atom is -0.494 e. The fourth-order valence-electron chi connectivity index (χ4n) is 9.98. The van der Waals surface area contributed by atoms with Crippen LogP contribution in [0.5, 0.6) is 5.75 Å². The van der Waals surface area contributed by atoms with Gasteiger partial charge in [-0.3, -0.25) is 52.8 Å². The Bertz CT molecular complexity index is 2510. The highest BCUT2D eigenvalue weighted by Crippen LogP contribution is 2.27. The van der Waals surface area contributed by atoms with Crippen molar-refractivity contribution in [2.24, 2.45) is 22.5 Å². The first kappa shape index (κ1) is 68.1. The monoisotopic (exact) mass is 1220 g/mol. The van der Waals surface area contributed by atoms with Gasteiger partial charge in [0.1, 0.15) is 72.9 Å². The normalized spacial score (nSPS) is 27.2. The third-order valence-electron chi connectivity index (χ3n) is 14.3. The molecule has 466 valence electrons. The summed E-state index contributed by atoms with van der Waals surface area (Å²) >= 11 is 2.62. The molecule has 0 aliphatic carbocycles. The lowest BCUT2D eigenvalue weighted by molar-refractivity contribution is -0.255. The SMILES string of the molecule is COOC(=O)C[C@@H]1NC(=O)[C@H](CC(C)C)NC(=O)[C@@H]2CCCN2C(=O)[C@@H]2CSCc3cc(cc(c3)OCCCCCCO/N=C/C(=O)N[C@@H](CCCCN)C(=O)N2)CSC[C@@H](C(N)=O)NC(=O)[C@H](C)NC(=O)[C@@H]2CCCN2C(=O)[C@H](C)NC1=O. The number of nitrogens with zero attached hydrogens (tertiary/aromatic N) is 3. The fraction of sp³-hybridized carbons (Fsp3) is 0.673. The minimum absolute atomic E-state index is 0.0154. The smallest absolute Gasteiger partial charge is 0.344 e. The molecule has 84 heavy (non-hydrogen) atoms. The van der Waals surface area contributed by atoms with Crippen LogP contribution in [0.15, 0.2) is 23.4 Å². The number of nitrogens with one attached hydrogen (secondary N) is 7. The molecule has 0 unspecified atom stereocenters. The predicted octanol–water partition coefficient (Wildman–Crippen LogP) is -0.308. The van der Waals surface area contributed by atoms with E-state index in [0.717, 1.165) is 37.3 Å².